The number of halogens is 1. The third kappa shape index (κ3) is 4.69. The van der Waals surface area contributed by atoms with E-state index in [4.69, 9.17) is 16.0 Å². The van der Waals surface area contributed by atoms with E-state index in [1.165, 1.54) is 17.0 Å². The lowest BCUT2D eigenvalue weighted by molar-refractivity contribution is -0.151. The third-order valence-corrected chi connectivity index (χ3v) is 5.89. The molecule has 1 fully saturated rings. The van der Waals surface area contributed by atoms with Gasteiger partial charge in [-0.05, 0) is 36.4 Å². The quantitative estimate of drug-likeness (QED) is 0.392. The largest absolute Gasteiger partial charge is 0.505 e. The standard InChI is InChI=1S/C23H22ClN3O7/c24-13-5-7-14(8-6-13)26-9-11-27(12-10-26)22(32)20(30)19(29)21(31)25-17-18(28)15-3-1-2-4-16(15)34-23(17)33/h1-8,19-20,28-30H,9-12H2,(H,25,31)/t19-,20-/m1/s1. The fourth-order valence-electron chi connectivity index (χ4n) is 3.74. The summed E-state index contributed by atoms with van der Waals surface area (Å²) in [4.78, 5) is 40.6. The first-order chi connectivity index (χ1) is 16.3. The average Bonchev–Trinajstić information content (AvgIpc) is 2.85. The molecule has 2 amide bonds. The number of benzene rings is 2. The molecule has 11 heteroatoms. The highest BCUT2D eigenvalue weighted by Gasteiger charge is 2.35. The van der Waals surface area contributed by atoms with Crippen LogP contribution in [0.15, 0.2) is 57.7 Å². The number of piperazine rings is 1. The van der Waals surface area contributed by atoms with Crippen molar-refractivity contribution >= 4 is 45.8 Å². The molecule has 10 nitrogen and oxygen atoms in total. The summed E-state index contributed by atoms with van der Waals surface area (Å²) in [5.41, 5.74) is -0.600. The smallest absolute Gasteiger partial charge is 0.364 e. The predicted molar refractivity (Wildman–Crippen MR) is 125 cm³/mol. The van der Waals surface area contributed by atoms with E-state index in [1.54, 1.807) is 24.3 Å². The summed E-state index contributed by atoms with van der Waals surface area (Å²) in [5.74, 6) is -2.61. The van der Waals surface area contributed by atoms with E-state index in [0.717, 1.165) is 5.69 Å². The van der Waals surface area contributed by atoms with Crippen LogP contribution in [-0.2, 0) is 9.59 Å². The molecule has 0 aliphatic carbocycles. The van der Waals surface area contributed by atoms with Crippen LogP contribution in [0.4, 0.5) is 11.4 Å². The predicted octanol–water partition coefficient (Wildman–Crippen LogP) is 1.16. The molecular formula is C23H22ClN3O7. The Kier molecular flexibility index (Phi) is 6.73. The minimum atomic E-state index is -2.17. The maximum Gasteiger partial charge on any atom is 0.364 e. The zero-order chi connectivity index (χ0) is 24.4. The lowest BCUT2D eigenvalue weighted by atomic mass is 10.1. The molecule has 3 aromatic rings. The number of nitrogens with one attached hydrogen (secondary N) is 1. The first-order valence-corrected chi connectivity index (χ1v) is 10.8. The Balaban J connectivity index is 1.39. The molecule has 0 unspecified atom stereocenters. The number of carbonyl (C=O) groups is 2. The fourth-order valence-corrected chi connectivity index (χ4v) is 3.87. The van der Waals surface area contributed by atoms with Gasteiger partial charge in [0.1, 0.15) is 5.58 Å². The molecule has 0 spiro atoms. The highest BCUT2D eigenvalue weighted by atomic mass is 35.5. The summed E-state index contributed by atoms with van der Waals surface area (Å²) in [6, 6.07) is 13.4. The molecule has 1 aliphatic rings. The number of para-hydroxylation sites is 1. The van der Waals surface area contributed by atoms with Gasteiger partial charge in [-0.1, -0.05) is 23.7 Å². The van der Waals surface area contributed by atoms with Crippen molar-refractivity contribution in [1.29, 1.82) is 0 Å². The van der Waals surface area contributed by atoms with Crippen molar-refractivity contribution < 1.29 is 29.3 Å². The number of amides is 2. The number of fused-ring (bicyclic) bond motifs is 1. The van der Waals surface area contributed by atoms with E-state index in [-0.39, 0.29) is 24.1 Å². The van der Waals surface area contributed by atoms with Gasteiger partial charge in [0.05, 0.1) is 5.39 Å². The lowest BCUT2D eigenvalue weighted by Crippen LogP contribution is -2.55. The zero-order valence-corrected chi connectivity index (χ0v) is 18.6. The van der Waals surface area contributed by atoms with Gasteiger partial charge in [0.2, 0.25) is 0 Å². The van der Waals surface area contributed by atoms with Gasteiger partial charge in [0.25, 0.3) is 11.8 Å². The number of anilines is 2. The Morgan fingerprint density at radius 1 is 0.971 bits per heavy atom. The summed E-state index contributed by atoms with van der Waals surface area (Å²) >= 11 is 5.91. The van der Waals surface area contributed by atoms with Crippen LogP contribution in [0.5, 0.6) is 5.75 Å². The second kappa shape index (κ2) is 9.72. The number of carbonyl (C=O) groups excluding carboxylic acids is 2. The van der Waals surface area contributed by atoms with Crippen molar-refractivity contribution in [2.24, 2.45) is 0 Å². The molecule has 4 N–H and O–H groups in total. The molecule has 0 saturated carbocycles. The van der Waals surface area contributed by atoms with Gasteiger partial charge in [-0.3, -0.25) is 9.59 Å². The number of aliphatic hydroxyl groups excluding tert-OH is 2. The van der Waals surface area contributed by atoms with Crippen molar-refractivity contribution in [2.45, 2.75) is 12.2 Å². The van der Waals surface area contributed by atoms with Gasteiger partial charge in [-0.15, -0.1) is 0 Å². The van der Waals surface area contributed by atoms with Crippen molar-refractivity contribution in [1.82, 2.24) is 4.90 Å². The van der Waals surface area contributed by atoms with Gasteiger partial charge in [0, 0.05) is 36.9 Å². The first kappa shape index (κ1) is 23.6. The summed E-state index contributed by atoms with van der Waals surface area (Å²) < 4.78 is 5.05. The van der Waals surface area contributed by atoms with Crippen LogP contribution < -0.4 is 15.8 Å². The minimum Gasteiger partial charge on any atom is -0.505 e. The molecule has 2 aromatic carbocycles. The normalized spacial score (nSPS) is 15.7. The third-order valence-electron chi connectivity index (χ3n) is 5.64. The van der Waals surface area contributed by atoms with Gasteiger partial charge >= 0.3 is 5.63 Å². The molecule has 2 heterocycles. The number of aromatic hydroxyl groups is 1. The van der Waals surface area contributed by atoms with Crippen LogP contribution in [0.3, 0.4) is 0 Å². The molecule has 178 valence electrons. The number of rotatable bonds is 5. The maximum absolute atomic E-state index is 12.7. The minimum absolute atomic E-state index is 0.108. The molecule has 34 heavy (non-hydrogen) atoms. The van der Waals surface area contributed by atoms with Crippen LogP contribution in [0.2, 0.25) is 5.02 Å². The number of hydrogen-bond donors (Lipinski definition) is 4. The summed E-state index contributed by atoms with van der Waals surface area (Å²) in [6.45, 7) is 1.49. The second-order valence-corrected chi connectivity index (χ2v) is 8.21. The van der Waals surface area contributed by atoms with Gasteiger partial charge in [-0.25, -0.2) is 4.79 Å². The van der Waals surface area contributed by atoms with Crippen LogP contribution in [0.25, 0.3) is 11.0 Å². The molecule has 0 bridgehead atoms. The van der Waals surface area contributed by atoms with Crippen molar-refractivity contribution in [2.75, 3.05) is 36.4 Å². The van der Waals surface area contributed by atoms with Gasteiger partial charge in [0.15, 0.2) is 23.6 Å². The van der Waals surface area contributed by atoms with E-state index >= 15 is 0 Å². The number of hydrogen-bond acceptors (Lipinski definition) is 8. The molecule has 0 radical (unpaired) electrons. The molecule has 1 aliphatic heterocycles. The van der Waals surface area contributed by atoms with E-state index in [2.05, 4.69) is 0 Å². The van der Waals surface area contributed by atoms with Gasteiger partial charge in [-0.2, -0.15) is 0 Å². The van der Waals surface area contributed by atoms with E-state index in [9.17, 15) is 29.7 Å². The van der Waals surface area contributed by atoms with Crippen molar-refractivity contribution in [3.8, 4) is 5.75 Å². The Labute approximate surface area is 198 Å². The fraction of sp³-hybridized carbons (Fsp3) is 0.261. The van der Waals surface area contributed by atoms with E-state index < -0.39 is 41.1 Å². The monoisotopic (exact) mass is 487 g/mol. The maximum atomic E-state index is 12.7. The highest BCUT2D eigenvalue weighted by Crippen LogP contribution is 2.29. The molecule has 1 aromatic heterocycles. The van der Waals surface area contributed by atoms with Gasteiger partial charge < -0.3 is 34.9 Å². The Morgan fingerprint density at radius 3 is 2.29 bits per heavy atom. The zero-order valence-electron chi connectivity index (χ0n) is 17.8. The van der Waals surface area contributed by atoms with Crippen LogP contribution in [0, 0.1) is 0 Å². The van der Waals surface area contributed by atoms with Crippen LogP contribution in [-0.4, -0.2) is 70.4 Å². The van der Waals surface area contributed by atoms with Crippen LogP contribution >= 0.6 is 11.6 Å². The lowest BCUT2D eigenvalue weighted by Gasteiger charge is -2.37. The van der Waals surface area contributed by atoms with E-state index in [1.807, 2.05) is 22.3 Å². The Morgan fingerprint density at radius 2 is 1.62 bits per heavy atom. The van der Waals surface area contributed by atoms with E-state index in [0.29, 0.717) is 18.1 Å². The summed E-state index contributed by atoms with van der Waals surface area (Å²) in [6.07, 6.45) is -4.23. The number of aliphatic hydroxyl groups is 2. The Bertz CT molecular complexity index is 1270. The van der Waals surface area contributed by atoms with Crippen LogP contribution in [0.1, 0.15) is 0 Å². The molecular weight excluding hydrogens is 466 g/mol. The second-order valence-electron chi connectivity index (χ2n) is 7.78. The molecule has 2 atom stereocenters. The Hall–Kier alpha value is -3.60. The topological polar surface area (TPSA) is 144 Å². The summed E-state index contributed by atoms with van der Waals surface area (Å²) in [7, 11) is 0. The van der Waals surface area contributed by atoms with Crippen molar-refractivity contribution in [3.63, 3.8) is 0 Å². The molecule has 4 rings (SSSR count). The molecule has 1 saturated heterocycles. The number of nitrogens with zero attached hydrogens (tertiary/aromatic N) is 2. The van der Waals surface area contributed by atoms with Crippen molar-refractivity contribution in [3.05, 3.63) is 64.0 Å². The highest BCUT2D eigenvalue weighted by molar-refractivity contribution is 6.30. The summed E-state index contributed by atoms with van der Waals surface area (Å²) in [5, 5.41) is 33.7. The average molecular weight is 488 g/mol. The SMILES string of the molecule is O=C(Nc1c(O)c2ccccc2oc1=O)[C@H](O)[C@@H](O)C(=O)N1CCN(c2ccc(Cl)cc2)CC1. The first-order valence-electron chi connectivity index (χ1n) is 10.5.